The molecule has 1 fully saturated rings. The predicted molar refractivity (Wildman–Crippen MR) is 73.8 cm³/mol. The lowest BCUT2D eigenvalue weighted by Gasteiger charge is -2.26. The molecule has 1 aromatic heterocycles. The van der Waals surface area contributed by atoms with E-state index in [1.807, 2.05) is 13.0 Å². The molecule has 18 heavy (non-hydrogen) atoms. The number of aromatic nitrogens is 2. The summed E-state index contributed by atoms with van der Waals surface area (Å²) in [5.41, 5.74) is 4.37. The van der Waals surface area contributed by atoms with Crippen molar-refractivity contribution in [2.24, 2.45) is 0 Å². The second-order valence-corrected chi connectivity index (χ2v) is 5.25. The summed E-state index contributed by atoms with van der Waals surface area (Å²) >= 11 is 5.92. The van der Waals surface area contributed by atoms with E-state index in [1.54, 1.807) is 0 Å². The lowest BCUT2D eigenvalue weighted by molar-refractivity contribution is 0.420. The summed E-state index contributed by atoms with van der Waals surface area (Å²) in [5.74, 6) is 0.739. The first kappa shape index (κ1) is 11.7. The normalized spacial score (nSPS) is 15.4. The topological polar surface area (TPSA) is 25.8 Å². The van der Waals surface area contributed by atoms with Crippen LogP contribution in [0.1, 0.15) is 36.4 Å². The zero-order chi connectivity index (χ0) is 12.5. The van der Waals surface area contributed by atoms with Gasteiger partial charge in [-0.25, -0.2) is 9.97 Å². The zero-order valence-electron chi connectivity index (χ0n) is 10.4. The fourth-order valence-electron chi connectivity index (χ4n) is 2.37. The molecule has 1 heterocycles. The van der Waals surface area contributed by atoms with Gasteiger partial charge in [0.15, 0.2) is 0 Å². The van der Waals surface area contributed by atoms with Crippen molar-refractivity contribution in [1.29, 1.82) is 0 Å². The van der Waals surface area contributed by atoms with Crippen LogP contribution in [0.3, 0.4) is 0 Å². The first-order chi connectivity index (χ1) is 8.72. The average Bonchev–Trinajstić information content (AvgIpc) is 2.26. The summed E-state index contributed by atoms with van der Waals surface area (Å²) in [4.78, 5) is 8.40. The van der Waals surface area contributed by atoms with Gasteiger partial charge >= 0.3 is 0 Å². The molecule has 0 amide bonds. The Labute approximate surface area is 112 Å². The van der Waals surface area contributed by atoms with Gasteiger partial charge in [0, 0.05) is 11.3 Å². The second-order valence-electron chi connectivity index (χ2n) is 4.92. The molecule has 1 aromatic carbocycles. The summed E-state index contributed by atoms with van der Waals surface area (Å²) in [5, 5.41) is 0.319. The van der Waals surface area contributed by atoms with Gasteiger partial charge in [0.1, 0.15) is 0 Å². The van der Waals surface area contributed by atoms with E-state index >= 15 is 0 Å². The molecule has 0 radical (unpaired) electrons. The molecule has 92 valence electrons. The Morgan fingerprint density at radius 2 is 2.00 bits per heavy atom. The van der Waals surface area contributed by atoms with E-state index in [9.17, 15) is 0 Å². The Hall–Kier alpha value is -1.41. The third-order valence-electron chi connectivity index (χ3n) is 3.59. The van der Waals surface area contributed by atoms with Gasteiger partial charge in [-0.3, -0.25) is 0 Å². The molecular weight excluding hydrogens is 244 g/mol. The monoisotopic (exact) mass is 258 g/mol. The van der Waals surface area contributed by atoms with Crippen LogP contribution in [-0.4, -0.2) is 9.97 Å². The molecule has 1 aliphatic rings. The van der Waals surface area contributed by atoms with Crippen molar-refractivity contribution < 1.29 is 0 Å². The van der Waals surface area contributed by atoms with Crippen LogP contribution in [0.25, 0.3) is 11.3 Å². The van der Waals surface area contributed by atoms with Crippen molar-refractivity contribution >= 4 is 11.6 Å². The van der Waals surface area contributed by atoms with Gasteiger partial charge in [0.25, 0.3) is 0 Å². The maximum absolute atomic E-state index is 5.92. The highest BCUT2D eigenvalue weighted by atomic mass is 35.5. The van der Waals surface area contributed by atoms with Crippen LogP contribution in [0.4, 0.5) is 0 Å². The van der Waals surface area contributed by atoms with Crippen molar-refractivity contribution in [1.82, 2.24) is 9.97 Å². The van der Waals surface area contributed by atoms with Gasteiger partial charge in [-0.1, -0.05) is 24.6 Å². The van der Waals surface area contributed by atoms with E-state index in [0.717, 1.165) is 22.9 Å². The van der Waals surface area contributed by atoms with Crippen molar-refractivity contribution in [2.45, 2.75) is 32.1 Å². The van der Waals surface area contributed by atoms with Gasteiger partial charge in [-0.15, -0.1) is 0 Å². The number of hydrogen-bond donors (Lipinski definition) is 0. The Balaban J connectivity index is 2.00. The molecule has 0 spiro atoms. The minimum absolute atomic E-state index is 0.319. The van der Waals surface area contributed by atoms with Crippen LogP contribution in [0.2, 0.25) is 5.28 Å². The highest BCUT2D eigenvalue weighted by Gasteiger charge is 2.19. The summed E-state index contributed by atoms with van der Waals surface area (Å²) in [7, 11) is 0. The Morgan fingerprint density at radius 3 is 2.67 bits per heavy atom. The number of benzene rings is 1. The molecule has 1 saturated carbocycles. The number of aryl methyl sites for hydroxylation is 1. The van der Waals surface area contributed by atoms with E-state index in [1.165, 1.54) is 24.8 Å². The van der Waals surface area contributed by atoms with Crippen LogP contribution in [-0.2, 0) is 0 Å². The second kappa shape index (κ2) is 4.69. The average molecular weight is 259 g/mol. The molecule has 3 rings (SSSR count). The summed E-state index contributed by atoms with van der Waals surface area (Å²) in [6.07, 6.45) is 3.98. The smallest absolute Gasteiger partial charge is 0.223 e. The third kappa shape index (κ3) is 2.25. The van der Waals surface area contributed by atoms with E-state index in [0.29, 0.717) is 5.28 Å². The van der Waals surface area contributed by atoms with Gasteiger partial charge < -0.3 is 0 Å². The van der Waals surface area contributed by atoms with Crippen LogP contribution >= 0.6 is 11.6 Å². The molecule has 0 atom stereocenters. The molecule has 2 aromatic rings. The number of hydrogen-bond acceptors (Lipinski definition) is 2. The highest BCUT2D eigenvalue weighted by Crippen LogP contribution is 2.37. The predicted octanol–water partition coefficient (Wildman–Crippen LogP) is 4.37. The lowest BCUT2D eigenvalue weighted by atomic mass is 9.79. The quantitative estimate of drug-likeness (QED) is 0.748. The molecule has 1 aliphatic carbocycles. The van der Waals surface area contributed by atoms with E-state index < -0.39 is 0 Å². The van der Waals surface area contributed by atoms with Gasteiger partial charge in [-0.05, 0) is 55.0 Å². The zero-order valence-corrected chi connectivity index (χ0v) is 11.1. The molecule has 2 nitrogen and oxygen atoms in total. The van der Waals surface area contributed by atoms with Crippen molar-refractivity contribution in [2.75, 3.05) is 0 Å². The summed E-state index contributed by atoms with van der Waals surface area (Å²) in [6, 6.07) is 10.6. The van der Waals surface area contributed by atoms with Crippen LogP contribution < -0.4 is 0 Å². The van der Waals surface area contributed by atoms with Crippen LogP contribution in [0.15, 0.2) is 30.3 Å². The largest absolute Gasteiger partial charge is 0.223 e. The molecule has 0 bridgehead atoms. The summed E-state index contributed by atoms with van der Waals surface area (Å²) in [6.45, 7) is 1.94. The molecule has 0 saturated heterocycles. The van der Waals surface area contributed by atoms with Gasteiger partial charge in [-0.2, -0.15) is 0 Å². The maximum Gasteiger partial charge on any atom is 0.223 e. The van der Waals surface area contributed by atoms with Crippen molar-refractivity contribution in [3.05, 3.63) is 46.9 Å². The first-order valence-corrected chi connectivity index (χ1v) is 6.72. The standard InChI is InChI=1S/C15H15ClN2/c1-10-8-14(18-15(16)17-10)13-7-3-6-12(9-13)11-4-2-5-11/h3,6-9,11H,2,4-5H2,1H3. The fourth-order valence-corrected chi connectivity index (χ4v) is 2.60. The molecular formula is C15H15ClN2. The number of rotatable bonds is 2. The molecule has 0 aliphatic heterocycles. The minimum Gasteiger partial charge on any atom is -0.223 e. The number of halogens is 1. The van der Waals surface area contributed by atoms with Gasteiger partial charge in [0.05, 0.1) is 5.69 Å². The van der Waals surface area contributed by atoms with E-state index in [2.05, 4.69) is 34.2 Å². The highest BCUT2D eigenvalue weighted by molar-refractivity contribution is 6.28. The fraction of sp³-hybridized carbons (Fsp3) is 0.333. The van der Waals surface area contributed by atoms with Gasteiger partial charge in [0.2, 0.25) is 5.28 Å². The van der Waals surface area contributed by atoms with Crippen molar-refractivity contribution in [3.8, 4) is 11.3 Å². The lowest BCUT2D eigenvalue weighted by Crippen LogP contribution is -2.08. The van der Waals surface area contributed by atoms with E-state index in [4.69, 9.17) is 11.6 Å². The van der Waals surface area contributed by atoms with Crippen LogP contribution in [0, 0.1) is 6.92 Å². The molecule has 0 unspecified atom stereocenters. The minimum atomic E-state index is 0.319. The maximum atomic E-state index is 5.92. The van der Waals surface area contributed by atoms with E-state index in [-0.39, 0.29) is 0 Å². The summed E-state index contributed by atoms with van der Waals surface area (Å²) < 4.78 is 0. The Kier molecular flexibility index (Phi) is 3.04. The third-order valence-corrected chi connectivity index (χ3v) is 3.75. The SMILES string of the molecule is Cc1cc(-c2cccc(C3CCC3)c2)nc(Cl)n1. The molecule has 3 heteroatoms. The van der Waals surface area contributed by atoms with Crippen molar-refractivity contribution in [3.63, 3.8) is 0 Å². The Morgan fingerprint density at radius 1 is 1.17 bits per heavy atom. The Bertz CT molecular complexity index is 556. The molecule has 0 N–H and O–H groups in total. The number of nitrogens with zero attached hydrogens (tertiary/aromatic N) is 2. The van der Waals surface area contributed by atoms with Crippen LogP contribution in [0.5, 0.6) is 0 Å². The first-order valence-electron chi connectivity index (χ1n) is 6.34.